The third-order valence-corrected chi connectivity index (χ3v) is 3.35. The smallest absolute Gasteiger partial charge is 0.252 e. The van der Waals surface area contributed by atoms with Crippen LogP contribution in [-0.4, -0.2) is 11.0 Å². The molecule has 0 aliphatic rings. The molecule has 1 heterocycles. The van der Waals surface area contributed by atoms with Crippen molar-refractivity contribution in [3.8, 4) is 5.75 Å². The molecular weight excluding hydrogens is 254 g/mol. The molecule has 0 aliphatic heterocycles. The maximum Gasteiger partial charge on any atom is 0.252 e. The van der Waals surface area contributed by atoms with E-state index >= 15 is 0 Å². The molecule has 0 spiro atoms. The van der Waals surface area contributed by atoms with E-state index in [1.165, 1.54) is 6.07 Å². The third kappa shape index (κ3) is 2.85. The van der Waals surface area contributed by atoms with Gasteiger partial charge in [0.2, 0.25) is 0 Å². The molecule has 106 valence electrons. The zero-order chi connectivity index (χ0) is 14.9. The number of aromatic hydroxyl groups is 1. The Morgan fingerprint density at radius 3 is 2.50 bits per heavy atom. The Morgan fingerprint density at radius 2 is 1.95 bits per heavy atom. The van der Waals surface area contributed by atoms with Crippen LogP contribution in [-0.2, 0) is 0 Å². The van der Waals surface area contributed by atoms with Crippen molar-refractivity contribution in [1.29, 1.82) is 0 Å². The lowest BCUT2D eigenvalue weighted by atomic mass is 10.1. The van der Waals surface area contributed by atoms with Gasteiger partial charge in [-0.3, -0.25) is 4.79 Å². The second-order valence-electron chi connectivity index (χ2n) is 5.06. The molecule has 1 amide bonds. The molecule has 0 saturated heterocycles. The van der Waals surface area contributed by atoms with E-state index in [2.05, 4.69) is 5.32 Å². The molecule has 2 rings (SSSR count). The molecule has 0 bridgehead atoms. The summed E-state index contributed by atoms with van der Waals surface area (Å²) in [5.41, 5.74) is 2.29. The van der Waals surface area contributed by atoms with Crippen LogP contribution < -0.4 is 5.32 Å². The van der Waals surface area contributed by atoms with Crippen molar-refractivity contribution in [2.75, 3.05) is 0 Å². The first-order chi connectivity index (χ1) is 9.38. The molecule has 0 saturated carbocycles. The van der Waals surface area contributed by atoms with Crippen LogP contribution in [0.25, 0.3) is 0 Å². The Morgan fingerprint density at radius 1 is 1.25 bits per heavy atom. The van der Waals surface area contributed by atoms with Crippen LogP contribution in [0, 0.1) is 20.8 Å². The van der Waals surface area contributed by atoms with Crippen molar-refractivity contribution in [3.63, 3.8) is 0 Å². The van der Waals surface area contributed by atoms with E-state index in [0.717, 1.165) is 22.6 Å². The topological polar surface area (TPSA) is 62.5 Å². The zero-order valence-electron chi connectivity index (χ0n) is 12.2. The molecule has 0 aliphatic carbocycles. The summed E-state index contributed by atoms with van der Waals surface area (Å²) in [6.07, 6.45) is 0. The summed E-state index contributed by atoms with van der Waals surface area (Å²) in [6.45, 7) is 7.49. The minimum Gasteiger partial charge on any atom is -0.508 e. The predicted octanol–water partition coefficient (Wildman–Crippen LogP) is 3.40. The number of carbonyl (C=O) groups is 1. The highest BCUT2D eigenvalue weighted by Crippen LogP contribution is 2.22. The largest absolute Gasteiger partial charge is 0.508 e. The van der Waals surface area contributed by atoms with Crippen LogP contribution in [0.4, 0.5) is 0 Å². The van der Waals surface area contributed by atoms with E-state index in [9.17, 15) is 9.90 Å². The SMILES string of the molecule is Cc1cc(C(C)NC(=O)c2ccc(O)cc2C)c(C)o1. The van der Waals surface area contributed by atoms with Crippen molar-refractivity contribution < 1.29 is 14.3 Å². The lowest BCUT2D eigenvalue weighted by molar-refractivity contribution is 0.0939. The highest BCUT2D eigenvalue weighted by Gasteiger charge is 2.17. The Labute approximate surface area is 118 Å². The lowest BCUT2D eigenvalue weighted by Crippen LogP contribution is -2.27. The van der Waals surface area contributed by atoms with Gasteiger partial charge in [0.1, 0.15) is 17.3 Å². The van der Waals surface area contributed by atoms with Crippen molar-refractivity contribution in [1.82, 2.24) is 5.32 Å². The van der Waals surface area contributed by atoms with E-state index in [1.807, 2.05) is 26.8 Å². The Balaban J connectivity index is 2.17. The van der Waals surface area contributed by atoms with E-state index in [-0.39, 0.29) is 17.7 Å². The average Bonchev–Trinajstić information content (AvgIpc) is 2.68. The van der Waals surface area contributed by atoms with Gasteiger partial charge in [-0.1, -0.05) is 0 Å². The molecule has 0 fully saturated rings. The highest BCUT2D eigenvalue weighted by atomic mass is 16.3. The number of benzene rings is 1. The van der Waals surface area contributed by atoms with Gasteiger partial charge in [-0.2, -0.15) is 0 Å². The van der Waals surface area contributed by atoms with Gasteiger partial charge >= 0.3 is 0 Å². The summed E-state index contributed by atoms with van der Waals surface area (Å²) in [7, 11) is 0. The number of nitrogens with one attached hydrogen (secondary N) is 1. The number of amides is 1. The second-order valence-corrected chi connectivity index (χ2v) is 5.06. The molecule has 2 aromatic rings. The van der Waals surface area contributed by atoms with E-state index in [4.69, 9.17) is 4.42 Å². The Bertz CT molecular complexity index is 643. The molecule has 1 aromatic heterocycles. The lowest BCUT2D eigenvalue weighted by Gasteiger charge is -2.14. The quantitative estimate of drug-likeness (QED) is 0.901. The molecule has 1 atom stereocenters. The van der Waals surface area contributed by atoms with Crippen molar-refractivity contribution in [3.05, 3.63) is 52.5 Å². The molecule has 1 aromatic carbocycles. The van der Waals surface area contributed by atoms with Gasteiger partial charge in [0.05, 0.1) is 6.04 Å². The number of carbonyl (C=O) groups excluding carboxylic acids is 1. The second kappa shape index (κ2) is 5.41. The van der Waals surface area contributed by atoms with E-state index in [1.54, 1.807) is 19.1 Å². The normalized spacial score (nSPS) is 12.2. The molecule has 20 heavy (non-hydrogen) atoms. The third-order valence-electron chi connectivity index (χ3n) is 3.35. The Kier molecular flexibility index (Phi) is 3.84. The molecular formula is C16H19NO3. The standard InChI is InChI=1S/C16H19NO3/c1-9-7-13(18)5-6-14(9)16(19)17-11(3)15-8-10(2)20-12(15)4/h5-8,11,18H,1-4H3,(H,17,19). The number of phenols is 1. The fourth-order valence-electron chi connectivity index (χ4n) is 2.34. The van der Waals surface area contributed by atoms with Gasteiger partial charge < -0.3 is 14.8 Å². The van der Waals surface area contributed by atoms with E-state index < -0.39 is 0 Å². The van der Waals surface area contributed by atoms with Crippen LogP contribution in [0.1, 0.15) is 46.0 Å². The van der Waals surface area contributed by atoms with Gasteiger partial charge in [-0.25, -0.2) is 0 Å². The summed E-state index contributed by atoms with van der Waals surface area (Å²) in [6, 6.07) is 6.52. The fraction of sp³-hybridized carbons (Fsp3) is 0.312. The first-order valence-electron chi connectivity index (χ1n) is 6.56. The first-order valence-corrected chi connectivity index (χ1v) is 6.56. The minimum atomic E-state index is -0.159. The van der Waals surface area contributed by atoms with Crippen molar-refractivity contribution in [2.45, 2.75) is 33.7 Å². The maximum atomic E-state index is 12.3. The zero-order valence-corrected chi connectivity index (χ0v) is 12.2. The number of furan rings is 1. The first kappa shape index (κ1) is 14.2. The van der Waals surface area contributed by atoms with Gasteiger partial charge in [0.25, 0.3) is 5.91 Å². The average molecular weight is 273 g/mol. The van der Waals surface area contributed by atoms with Crippen molar-refractivity contribution >= 4 is 5.91 Å². The number of aryl methyl sites for hydroxylation is 3. The summed E-state index contributed by atoms with van der Waals surface area (Å²) >= 11 is 0. The van der Waals surface area contributed by atoms with Crippen LogP contribution >= 0.6 is 0 Å². The fourth-order valence-corrected chi connectivity index (χ4v) is 2.34. The molecule has 0 radical (unpaired) electrons. The number of hydrogen-bond acceptors (Lipinski definition) is 3. The summed E-state index contributed by atoms with van der Waals surface area (Å²) in [5.74, 6) is 1.65. The number of hydrogen-bond donors (Lipinski definition) is 2. The van der Waals surface area contributed by atoms with Crippen LogP contribution in [0.2, 0.25) is 0 Å². The molecule has 4 nitrogen and oxygen atoms in total. The predicted molar refractivity (Wildman–Crippen MR) is 76.9 cm³/mol. The van der Waals surface area contributed by atoms with Gasteiger partial charge in [-0.05, 0) is 57.5 Å². The van der Waals surface area contributed by atoms with E-state index in [0.29, 0.717) is 5.56 Å². The summed E-state index contributed by atoms with van der Waals surface area (Å²) in [5, 5.41) is 12.3. The van der Waals surface area contributed by atoms with Crippen molar-refractivity contribution in [2.24, 2.45) is 0 Å². The van der Waals surface area contributed by atoms with Crippen LogP contribution in [0.15, 0.2) is 28.7 Å². The van der Waals surface area contributed by atoms with Crippen LogP contribution in [0.3, 0.4) is 0 Å². The van der Waals surface area contributed by atoms with Gasteiger partial charge in [0.15, 0.2) is 0 Å². The summed E-state index contributed by atoms with van der Waals surface area (Å²) < 4.78 is 5.48. The molecule has 1 unspecified atom stereocenters. The summed E-state index contributed by atoms with van der Waals surface area (Å²) in [4.78, 5) is 12.3. The number of phenolic OH excluding ortho intramolecular Hbond substituents is 1. The van der Waals surface area contributed by atoms with Crippen LogP contribution in [0.5, 0.6) is 5.75 Å². The molecule has 4 heteroatoms. The van der Waals surface area contributed by atoms with Gasteiger partial charge in [0, 0.05) is 11.1 Å². The Hall–Kier alpha value is -2.23. The van der Waals surface area contributed by atoms with Gasteiger partial charge in [-0.15, -0.1) is 0 Å². The number of rotatable bonds is 3. The minimum absolute atomic E-state index is 0.131. The maximum absolute atomic E-state index is 12.3. The monoisotopic (exact) mass is 273 g/mol. The molecule has 2 N–H and O–H groups in total. The highest BCUT2D eigenvalue weighted by molar-refractivity contribution is 5.96.